The van der Waals surface area contributed by atoms with Gasteiger partial charge in [-0.1, -0.05) is 37.3 Å². The summed E-state index contributed by atoms with van der Waals surface area (Å²) in [5.74, 6) is 0.202. The lowest BCUT2D eigenvalue weighted by Gasteiger charge is -2.39. The Labute approximate surface area is 121 Å². The number of nitrogens with zero attached hydrogens (tertiary/aromatic N) is 1. The largest absolute Gasteiger partial charge is 0.370 e. The molecule has 0 radical (unpaired) electrons. The fourth-order valence-corrected chi connectivity index (χ4v) is 2.61. The highest BCUT2D eigenvalue weighted by atomic mass is 16.5. The molecule has 0 spiro atoms. The molecular formula is C16H24N2O2. The Morgan fingerprint density at radius 1 is 1.45 bits per heavy atom. The van der Waals surface area contributed by atoms with Crippen LogP contribution in [-0.2, 0) is 9.53 Å². The van der Waals surface area contributed by atoms with Crippen LogP contribution in [0.25, 0.3) is 0 Å². The van der Waals surface area contributed by atoms with Crippen LogP contribution in [0.1, 0.15) is 25.5 Å². The van der Waals surface area contributed by atoms with Crippen molar-refractivity contribution in [1.82, 2.24) is 10.2 Å². The molecule has 1 N–H and O–H groups in total. The highest BCUT2D eigenvalue weighted by Crippen LogP contribution is 2.25. The van der Waals surface area contributed by atoms with Crippen molar-refractivity contribution in [2.24, 2.45) is 5.92 Å². The molecule has 4 heteroatoms. The van der Waals surface area contributed by atoms with Gasteiger partial charge in [0.15, 0.2) is 0 Å². The van der Waals surface area contributed by atoms with Gasteiger partial charge in [0.25, 0.3) is 0 Å². The maximum Gasteiger partial charge on any atom is 0.227 e. The first-order valence-corrected chi connectivity index (χ1v) is 7.25. The van der Waals surface area contributed by atoms with E-state index < -0.39 is 0 Å². The Morgan fingerprint density at radius 3 is 2.80 bits per heavy atom. The molecule has 110 valence electrons. The number of morpholine rings is 1. The highest BCUT2D eigenvalue weighted by Gasteiger charge is 2.32. The quantitative estimate of drug-likeness (QED) is 0.912. The van der Waals surface area contributed by atoms with Gasteiger partial charge in [-0.05, 0) is 19.5 Å². The molecule has 0 aromatic heterocycles. The topological polar surface area (TPSA) is 41.6 Å². The summed E-state index contributed by atoms with van der Waals surface area (Å²) in [5, 5.41) is 3.07. The van der Waals surface area contributed by atoms with Crippen molar-refractivity contribution in [3.05, 3.63) is 35.9 Å². The normalized spacial score (nSPS) is 24.4. The number of hydrogen-bond acceptors (Lipinski definition) is 3. The number of carbonyl (C=O) groups is 1. The number of nitrogens with one attached hydrogen (secondary N) is 1. The second-order valence-corrected chi connectivity index (χ2v) is 5.53. The molecule has 0 bridgehead atoms. The molecule has 1 heterocycles. The molecule has 1 aliphatic heterocycles. The molecule has 1 aliphatic rings. The minimum atomic E-state index is -0.0156. The third kappa shape index (κ3) is 3.38. The molecule has 3 unspecified atom stereocenters. The molecule has 0 saturated carbocycles. The number of amides is 1. The van der Waals surface area contributed by atoms with Crippen LogP contribution in [0.15, 0.2) is 30.3 Å². The van der Waals surface area contributed by atoms with Gasteiger partial charge >= 0.3 is 0 Å². The summed E-state index contributed by atoms with van der Waals surface area (Å²) in [6.07, 6.45) is -0.0156. The average molecular weight is 276 g/mol. The van der Waals surface area contributed by atoms with E-state index in [1.807, 2.05) is 44.0 Å². The summed E-state index contributed by atoms with van der Waals surface area (Å²) >= 11 is 0. The molecule has 1 aromatic carbocycles. The fourth-order valence-electron chi connectivity index (χ4n) is 2.61. The lowest BCUT2D eigenvalue weighted by molar-refractivity contribution is -0.148. The van der Waals surface area contributed by atoms with Gasteiger partial charge in [0.05, 0.1) is 19.2 Å². The number of hydrogen-bond donors (Lipinski definition) is 1. The Morgan fingerprint density at radius 2 is 2.15 bits per heavy atom. The predicted molar refractivity (Wildman–Crippen MR) is 79.4 cm³/mol. The first-order chi connectivity index (χ1) is 9.63. The van der Waals surface area contributed by atoms with Crippen molar-refractivity contribution < 1.29 is 9.53 Å². The second kappa shape index (κ2) is 6.86. The van der Waals surface area contributed by atoms with Gasteiger partial charge in [-0.2, -0.15) is 0 Å². The Bertz CT molecular complexity index is 435. The van der Waals surface area contributed by atoms with Crippen LogP contribution in [0.3, 0.4) is 0 Å². The van der Waals surface area contributed by atoms with E-state index in [9.17, 15) is 4.79 Å². The third-order valence-corrected chi connectivity index (χ3v) is 3.82. The maximum absolute atomic E-state index is 12.5. The molecule has 20 heavy (non-hydrogen) atoms. The monoisotopic (exact) mass is 276 g/mol. The fraction of sp³-hybridized carbons (Fsp3) is 0.562. The van der Waals surface area contributed by atoms with Crippen molar-refractivity contribution in [2.45, 2.75) is 26.0 Å². The van der Waals surface area contributed by atoms with Gasteiger partial charge in [0.1, 0.15) is 6.10 Å². The Hall–Kier alpha value is -1.39. The first-order valence-electron chi connectivity index (χ1n) is 7.25. The third-order valence-electron chi connectivity index (χ3n) is 3.82. The van der Waals surface area contributed by atoms with Crippen LogP contribution in [0.5, 0.6) is 0 Å². The first kappa shape index (κ1) is 15.0. The SMILES string of the molecule is CNCC(C)C(=O)N1CC(c2ccccc2)OCC1C. The van der Waals surface area contributed by atoms with Crippen molar-refractivity contribution in [1.29, 1.82) is 0 Å². The van der Waals surface area contributed by atoms with Gasteiger partial charge < -0.3 is 15.0 Å². The zero-order valence-corrected chi connectivity index (χ0v) is 12.5. The van der Waals surface area contributed by atoms with Crippen LogP contribution >= 0.6 is 0 Å². The lowest BCUT2D eigenvalue weighted by Crippen LogP contribution is -2.51. The molecule has 0 aliphatic carbocycles. The van der Waals surface area contributed by atoms with E-state index in [1.54, 1.807) is 0 Å². The summed E-state index contributed by atoms with van der Waals surface area (Å²) in [5.41, 5.74) is 1.14. The molecule has 1 saturated heterocycles. The van der Waals surface area contributed by atoms with Crippen LogP contribution in [0.2, 0.25) is 0 Å². The van der Waals surface area contributed by atoms with Gasteiger partial charge in [-0.15, -0.1) is 0 Å². The van der Waals surface area contributed by atoms with Crippen molar-refractivity contribution in [3.8, 4) is 0 Å². The van der Waals surface area contributed by atoms with Gasteiger partial charge in [-0.3, -0.25) is 4.79 Å². The molecular weight excluding hydrogens is 252 g/mol. The smallest absolute Gasteiger partial charge is 0.227 e. The molecule has 2 rings (SSSR count). The lowest BCUT2D eigenvalue weighted by atomic mass is 10.0. The standard InChI is InChI=1S/C16H24N2O2/c1-12(9-17-3)16(19)18-10-15(20-11-13(18)2)14-7-5-4-6-8-14/h4-8,12-13,15,17H,9-11H2,1-3H3. The van der Waals surface area contributed by atoms with E-state index in [1.165, 1.54) is 0 Å². The summed E-state index contributed by atoms with van der Waals surface area (Å²) in [7, 11) is 1.87. The molecule has 4 nitrogen and oxygen atoms in total. The zero-order chi connectivity index (χ0) is 14.5. The minimum Gasteiger partial charge on any atom is -0.370 e. The number of ether oxygens (including phenoxy) is 1. The summed E-state index contributed by atoms with van der Waals surface area (Å²) < 4.78 is 5.89. The van der Waals surface area contributed by atoms with E-state index in [4.69, 9.17) is 4.74 Å². The number of benzene rings is 1. The van der Waals surface area contributed by atoms with Crippen molar-refractivity contribution in [2.75, 3.05) is 26.7 Å². The van der Waals surface area contributed by atoms with Gasteiger partial charge in [0.2, 0.25) is 5.91 Å². The highest BCUT2D eigenvalue weighted by molar-refractivity contribution is 5.79. The Balaban J connectivity index is 2.07. The van der Waals surface area contributed by atoms with Crippen LogP contribution in [0.4, 0.5) is 0 Å². The average Bonchev–Trinajstić information content (AvgIpc) is 2.48. The van der Waals surface area contributed by atoms with E-state index in [2.05, 4.69) is 17.4 Å². The maximum atomic E-state index is 12.5. The molecule has 1 fully saturated rings. The van der Waals surface area contributed by atoms with Crippen LogP contribution < -0.4 is 5.32 Å². The Kier molecular flexibility index (Phi) is 5.15. The minimum absolute atomic E-state index is 0.00280. The van der Waals surface area contributed by atoms with E-state index in [0.29, 0.717) is 19.7 Å². The second-order valence-electron chi connectivity index (χ2n) is 5.53. The van der Waals surface area contributed by atoms with E-state index in [0.717, 1.165) is 5.56 Å². The molecule has 1 amide bonds. The van der Waals surface area contributed by atoms with E-state index in [-0.39, 0.29) is 24.0 Å². The van der Waals surface area contributed by atoms with E-state index >= 15 is 0 Å². The van der Waals surface area contributed by atoms with Crippen molar-refractivity contribution >= 4 is 5.91 Å². The molecule has 3 atom stereocenters. The summed E-state index contributed by atoms with van der Waals surface area (Å²) in [6, 6.07) is 10.3. The summed E-state index contributed by atoms with van der Waals surface area (Å²) in [4.78, 5) is 14.5. The van der Waals surface area contributed by atoms with Crippen LogP contribution in [0, 0.1) is 5.92 Å². The molecule has 1 aromatic rings. The number of carbonyl (C=O) groups excluding carboxylic acids is 1. The zero-order valence-electron chi connectivity index (χ0n) is 12.5. The van der Waals surface area contributed by atoms with Gasteiger partial charge in [-0.25, -0.2) is 0 Å². The predicted octanol–water partition coefficient (Wildman–Crippen LogP) is 1.83. The number of rotatable bonds is 4. The van der Waals surface area contributed by atoms with Crippen molar-refractivity contribution in [3.63, 3.8) is 0 Å². The summed E-state index contributed by atoms with van der Waals surface area (Å²) in [6.45, 7) is 5.96. The van der Waals surface area contributed by atoms with Gasteiger partial charge in [0, 0.05) is 12.5 Å². The van der Waals surface area contributed by atoms with Crippen LogP contribution in [-0.4, -0.2) is 43.6 Å².